The summed E-state index contributed by atoms with van der Waals surface area (Å²) in [7, 11) is 0. The van der Waals surface area contributed by atoms with Crippen LogP contribution in [0.25, 0.3) is 0 Å². The van der Waals surface area contributed by atoms with Crippen LogP contribution in [0.1, 0.15) is 22.1 Å². The molecule has 0 aliphatic heterocycles. The van der Waals surface area contributed by atoms with E-state index in [-0.39, 0.29) is 0 Å². The van der Waals surface area contributed by atoms with E-state index < -0.39 is 0 Å². The van der Waals surface area contributed by atoms with Gasteiger partial charge in [0, 0.05) is 18.3 Å². The van der Waals surface area contributed by atoms with E-state index in [4.69, 9.17) is 0 Å². The Morgan fingerprint density at radius 2 is 2.00 bits per heavy atom. The van der Waals surface area contributed by atoms with Crippen LogP contribution in [0.2, 0.25) is 0 Å². The monoisotopic (exact) mass is 248 g/mol. The minimum atomic E-state index is 0.833. The maximum Gasteiger partial charge on any atom is 0.144 e. The van der Waals surface area contributed by atoms with Gasteiger partial charge in [-0.15, -0.1) is 11.3 Å². The first-order chi connectivity index (χ1) is 8.15. The molecule has 5 heteroatoms. The van der Waals surface area contributed by atoms with E-state index in [0.717, 1.165) is 40.9 Å². The SMILES string of the molecule is Cc1nc(CCNc2cnc(C)c(C)n2)cs1. The Morgan fingerprint density at radius 3 is 2.65 bits per heavy atom. The number of nitrogens with zero attached hydrogens (tertiary/aromatic N) is 3. The van der Waals surface area contributed by atoms with E-state index in [1.54, 1.807) is 17.5 Å². The van der Waals surface area contributed by atoms with Gasteiger partial charge >= 0.3 is 0 Å². The molecule has 17 heavy (non-hydrogen) atoms. The first kappa shape index (κ1) is 12.0. The molecule has 2 heterocycles. The summed E-state index contributed by atoms with van der Waals surface area (Å²) in [5.74, 6) is 0.833. The van der Waals surface area contributed by atoms with Gasteiger partial charge in [-0.3, -0.25) is 4.98 Å². The number of aromatic nitrogens is 3. The summed E-state index contributed by atoms with van der Waals surface area (Å²) in [5.41, 5.74) is 3.09. The highest BCUT2D eigenvalue weighted by Gasteiger charge is 2.00. The molecule has 0 radical (unpaired) electrons. The van der Waals surface area contributed by atoms with Crippen molar-refractivity contribution in [3.63, 3.8) is 0 Å². The smallest absolute Gasteiger partial charge is 0.144 e. The zero-order valence-electron chi connectivity index (χ0n) is 10.3. The Labute approximate surface area is 105 Å². The summed E-state index contributed by atoms with van der Waals surface area (Å²) in [5, 5.41) is 6.48. The number of anilines is 1. The predicted octanol–water partition coefficient (Wildman–Crippen LogP) is 2.51. The van der Waals surface area contributed by atoms with Crippen LogP contribution in [0.4, 0.5) is 5.82 Å². The van der Waals surface area contributed by atoms with Crippen LogP contribution >= 0.6 is 11.3 Å². The standard InChI is InChI=1S/C12H16N4S/c1-8-9(2)15-12(6-14-8)13-5-4-11-7-17-10(3)16-11/h6-7H,4-5H2,1-3H3,(H,13,15). The molecule has 0 amide bonds. The lowest BCUT2D eigenvalue weighted by atomic mass is 10.3. The molecular weight excluding hydrogens is 232 g/mol. The zero-order chi connectivity index (χ0) is 12.3. The average molecular weight is 248 g/mol. The molecule has 0 bridgehead atoms. The Balaban J connectivity index is 1.87. The lowest BCUT2D eigenvalue weighted by Gasteiger charge is -2.05. The molecule has 0 saturated carbocycles. The van der Waals surface area contributed by atoms with E-state index in [1.807, 2.05) is 20.8 Å². The Kier molecular flexibility index (Phi) is 3.68. The van der Waals surface area contributed by atoms with Crippen LogP contribution in [0.15, 0.2) is 11.6 Å². The molecule has 0 fully saturated rings. The first-order valence-corrected chi connectivity index (χ1v) is 6.48. The minimum Gasteiger partial charge on any atom is -0.368 e. The number of thiazole rings is 1. The van der Waals surface area contributed by atoms with Gasteiger partial charge in [0.15, 0.2) is 0 Å². The normalized spacial score (nSPS) is 10.5. The molecule has 2 rings (SSSR count). The van der Waals surface area contributed by atoms with E-state index in [0.29, 0.717) is 0 Å². The summed E-state index contributed by atoms with van der Waals surface area (Å²) in [6.45, 7) is 6.79. The highest BCUT2D eigenvalue weighted by molar-refractivity contribution is 7.09. The van der Waals surface area contributed by atoms with Crippen molar-refractivity contribution in [2.45, 2.75) is 27.2 Å². The Bertz CT molecular complexity index is 507. The number of nitrogens with one attached hydrogen (secondary N) is 1. The fourth-order valence-electron chi connectivity index (χ4n) is 1.47. The molecule has 0 unspecified atom stereocenters. The highest BCUT2D eigenvalue weighted by atomic mass is 32.1. The minimum absolute atomic E-state index is 0.833. The van der Waals surface area contributed by atoms with Gasteiger partial charge in [-0.2, -0.15) is 0 Å². The maximum absolute atomic E-state index is 4.42. The van der Waals surface area contributed by atoms with Crippen molar-refractivity contribution in [2.24, 2.45) is 0 Å². The number of hydrogen-bond donors (Lipinski definition) is 1. The zero-order valence-corrected chi connectivity index (χ0v) is 11.1. The van der Waals surface area contributed by atoms with Gasteiger partial charge < -0.3 is 5.32 Å². The van der Waals surface area contributed by atoms with Crippen LogP contribution in [0.5, 0.6) is 0 Å². The van der Waals surface area contributed by atoms with Gasteiger partial charge in [0.05, 0.1) is 28.3 Å². The lowest BCUT2D eigenvalue weighted by Crippen LogP contribution is -2.08. The van der Waals surface area contributed by atoms with Crippen molar-refractivity contribution in [2.75, 3.05) is 11.9 Å². The van der Waals surface area contributed by atoms with Crippen LogP contribution in [-0.2, 0) is 6.42 Å². The molecule has 0 aromatic carbocycles. The molecular formula is C12H16N4S. The molecule has 2 aromatic rings. The summed E-state index contributed by atoms with van der Waals surface area (Å²) >= 11 is 1.69. The average Bonchev–Trinajstić information content (AvgIpc) is 2.70. The molecule has 2 aromatic heterocycles. The second-order valence-corrected chi connectivity index (χ2v) is 5.02. The van der Waals surface area contributed by atoms with Crippen LogP contribution < -0.4 is 5.32 Å². The van der Waals surface area contributed by atoms with Gasteiger partial charge in [-0.1, -0.05) is 0 Å². The molecule has 0 aliphatic rings. The number of hydrogen-bond acceptors (Lipinski definition) is 5. The van der Waals surface area contributed by atoms with Crippen LogP contribution in [-0.4, -0.2) is 21.5 Å². The third-order valence-electron chi connectivity index (χ3n) is 2.55. The van der Waals surface area contributed by atoms with Crippen LogP contribution in [0, 0.1) is 20.8 Å². The highest BCUT2D eigenvalue weighted by Crippen LogP contribution is 2.09. The molecule has 0 atom stereocenters. The molecule has 4 nitrogen and oxygen atoms in total. The quantitative estimate of drug-likeness (QED) is 0.903. The largest absolute Gasteiger partial charge is 0.368 e. The fourth-order valence-corrected chi connectivity index (χ4v) is 2.12. The Morgan fingerprint density at radius 1 is 1.18 bits per heavy atom. The third kappa shape index (κ3) is 3.23. The van der Waals surface area contributed by atoms with Crippen molar-refractivity contribution >= 4 is 17.2 Å². The van der Waals surface area contributed by atoms with Crippen molar-refractivity contribution in [3.8, 4) is 0 Å². The molecule has 0 saturated heterocycles. The van der Waals surface area contributed by atoms with Gasteiger partial charge in [0.1, 0.15) is 5.82 Å². The molecule has 0 spiro atoms. The summed E-state index contributed by atoms with van der Waals surface area (Å²) in [4.78, 5) is 13.1. The van der Waals surface area contributed by atoms with E-state index in [2.05, 4.69) is 25.6 Å². The molecule has 0 aliphatic carbocycles. The van der Waals surface area contributed by atoms with Gasteiger partial charge in [0.2, 0.25) is 0 Å². The lowest BCUT2D eigenvalue weighted by molar-refractivity contribution is 0.946. The van der Waals surface area contributed by atoms with E-state index in [9.17, 15) is 0 Å². The summed E-state index contributed by atoms with van der Waals surface area (Å²) in [6.07, 6.45) is 2.69. The maximum atomic E-state index is 4.42. The van der Waals surface area contributed by atoms with E-state index in [1.165, 1.54) is 0 Å². The van der Waals surface area contributed by atoms with Gasteiger partial charge in [-0.25, -0.2) is 9.97 Å². The second kappa shape index (κ2) is 5.23. The van der Waals surface area contributed by atoms with Crippen molar-refractivity contribution < 1.29 is 0 Å². The third-order valence-corrected chi connectivity index (χ3v) is 3.37. The van der Waals surface area contributed by atoms with Gasteiger partial charge in [-0.05, 0) is 20.8 Å². The summed E-state index contributed by atoms with van der Waals surface area (Å²) < 4.78 is 0. The number of aryl methyl sites for hydroxylation is 3. The second-order valence-electron chi connectivity index (χ2n) is 3.96. The summed E-state index contributed by atoms with van der Waals surface area (Å²) in [6, 6.07) is 0. The first-order valence-electron chi connectivity index (χ1n) is 5.60. The Hall–Kier alpha value is -1.49. The van der Waals surface area contributed by atoms with Gasteiger partial charge in [0.25, 0.3) is 0 Å². The predicted molar refractivity (Wildman–Crippen MR) is 70.6 cm³/mol. The van der Waals surface area contributed by atoms with Crippen LogP contribution in [0.3, 0.4) is 0 Å². The molecule has 1 N–H and O–H groups in total. The molecule has 90 valence electrons. The fraction of sp³-hybridized carbons (Fsp3) is 0.417. The van der Waals surface area contributed by atoms with Crippen molar-refractivity contribution in [3.05, 3.63) is 33.7 Å². The van der Waals surface area contributed by atoms with Crippen molar-refractivity contribution in [1.82, 2.24) is 15.0 Å². The topological polar surface area (TPSA) is 50.7 Å². The van der Waals surface area contributed by atoms with Crippen molar-refractivity contribution in [1.29, 1.82) is 0 Å². The van der Waals surface area contributed by atoms with E-state index >= 15 is 0 Å². The number of rotatable bonds is 4.